The van der Waals surface area contributed by atoms with Gasteiger partial charge in [-0.2, -0.15) is 0 Å². The second-order valence-electron chi connectivity index (χ2n) is 5.78. The molecule has 124 valence electrons. The van der Waals surface area contributed by atoms with Crippen molar-refractivity contribution in [3.63, 3.8) is 0 Å². The minimum absolute atomic E-state index is 0.0523. The third-order valence-electron chi connectivity index (χ3n) is 3.77. The van der Waals surface area contributed by atoms with E-state index >= 15 is 0 Å². The summed E-state index contributed by atoms with van der Waals surface area (Å²) >= 11 is 0. The molecule has 7 atom stereocenters. The van der Waals surface area contributed by atoms with E-state index in [1.165, 1.54) is 0 Å². The number of hydrogen-bond donors (Lipinski definition) is 4. The first kappa shape index (κ1) is 17.3. The van der Waals surface area contributed by atoms with Crippen LogP contribution in [0.3, 0.4) is 0 Å². The van der Waals surface area contributed by atoms with Gasteiger partial charge < -0.3 is 34.2 Å². The fraction of sp³-hybridized carbons (Fsp3) is 1.00. The van der Waals surface area contributed by atoms with Gasteiger partial charge in [-0.3, -0.25) is 4.57 Å². The molecule has 2 heterocycles. The van der Waals surface area contributed by atoms with E-state index in [-0.39, 0.29) is 19.1 Å². The third-order valence-corrected chi connectivity index (χ3v) is 5.71. The van der Waals surface area contributed by atoms with Gasteiger partial charge in [0.1, 0.15) is 18.3 Å². The average Bonchev–Trinajstić information content (AvgIpc) is 2.71. The fourth-order valence-corrected chi connectivity index (χ4v) is 4.08. The number of rotatable bonds is 4. The van der Waals surface area contributed by atoms with E-state index in [0.29, 0.717) is 6.42 Å². The normalized spacial score (nSPS) is 48.0. The first-order valence-corrected chi connectivity index (χ1v) is 8.69. The lowest BCUT2D eigenvalue weighted by molar-refractivity contribution is -0.305. The number of aliphatic hydroxyl groups is 3. The van der Waals surface area contributed by atoms with Crippen molar-refractivity contribution < 1.29 is 38.8 Å². The van der Waals surface area contributed by atoms with Crippen LogP contribution in [0.5, 0.6) is 0 Å². The maximum Gasteiger partial charge on any atom is 0.331 e. The number of hydrogen-bond acceptors (Lipinski definition) is 7. The average molecular weight is 326 g/mol. The molecule has 2 unspecified atom stereocenters. The largest absolute Gasteiger partial charge is 0.388 e. The van der Waals surface area contributed by atoms with E-state index in [4.69, 9.17) is 14.0 Å². The van der Waals surface area contributed by atoms with Crippen molar-refractivity contribution in [1.82, 2.24) is 0 Å². The lowest BCUT2D eigenvalue weighted by Crippen LogP contribution is -2.59. The highest BCUT2D eigenvalue weighted by Gasteiger charge is 2.48. The summed E-state index contributed by atoms with van der Waals surface area (Å²) in [5, 5.41) is 29.7. The molecular formula is C12H23O8P. The number of ether oxygens (including phenoxy) is 2. The van der Waals surface area contributed by atoms with Crippen molar-refractivity contribution in [2.45, 2.75) is 69.2 Å². The highest BCUT2D eigenvalue weighted by molar-refractivity contribution is 7.53. The minimum atomic E-state index is -3.70. The van der Waals surface area contributed by atoms with Crippen LogP contribution in [0.15, 0.2) is 0 Å². The van der Waals surface area contributed by atoms with Crippen molar-refractivity contribution in [2.24, 2.45) is 0 Å². The molecule has 0 aromatic carbocycles. The molecule has 0 amide bonds. The summed E-state index contributed by atoms with van der Waals surface area (Å²) in [7, 11) is -3.70. The Morgan fingerprint density at radius 3 is 2.43 bits per heavy atom. The zero-order valence-electron chi connectivity index (χ0n) is 12.0. The lowest BCUT2D eigenvalue weighted by Gasteiger charge is -2.41. The quantitative estimate of drug-likeness (QED) is 0.513. The molecule has 4 N–H and O–H groups in total. The predicted molar refractivity (Wildman–Crippen MR) is 71.7 cm³/mol. The van der Waals surface area contributed by atoms with E-state index in [0.717, 1.165) is 0 Å². The molecule has 0 spiro atoms. The maximum absolute atomic E-state index is 11.8. The Kier molecular flexibility index (Phi) is 5.44. The monoisotopic (exact) mass is 326 g/mol. The molecule has 2 rings (SSSR count). The van der Waals surface area contributed by atoms with E-state index < -0.39 is 44.0 Å². The lowest BCUT2D eigenvalue weighted by atomic mass is 9.95. The summed E-state index contributed by atoms with van der Waals surface area (Å²) in [6.07, 6.45) is -5.97. The van der Waals surface area contributed by atoms with Crippen LogP contribution in [-0.4, -0.2) is 69.3 Å². The summed E-state index contributed by atoms with van der Waals surface area (Å²) in [6, 6.07) is 0. The smallest absolute Gasteiger partial charge is 0.331 e. The first-order chi connectivity index (χ1) is 9.72. The topological polar surface area (TPSA) is 126 Å². The van der Waals surface area contributed by atoms with Gasteiger partial charge in [-0.25, -0.2) is 0 Å². The molecule has 0 aromatic rings. The molecule has 2 aliphatic rings. The Labute approximate surface area is 123 Å². The molecule has 2 saturated heterocycles. The van der Waals surface area contributed by atoms with Gasteiger partial charge in [-0.05, 0) is 26.7 Å². The highest BCUT2D eigenvalue weighted by atomic mass is 31.2. The van der Waals surface area contributed by atoms with Crippen LogP contribution in [0.1, 0.15) is 26.7 Å². The zero-order valence-corrected chi connectivity index (χ0v) is 12.9. The third kappa shape index (κ3) is 3.83. The molecule has 21 heavy (non-hydrogen) atoms. The van der Waals surface area contributed by atoms with Crippen LogP contribution in [0.25, 0.3) is 0 Å². The van der Waals surface area contributed by atoms with Crippen molar-refractivity contribution in [3.05, 3.63) is 0 Å². The Hall–Kier alpha value is -0.0500. The Morgan fingerprint density at radius 1 is 1.24 bits per heavy atom. The van der Waals surface area contributed by atoms with Gasteiger partial charge in [0.15, 0.2) is 6.29 Å². The van der Waals surface area contributed by atoms with Gasteiger partial charge in [0.2, 0.25) is 0 Å². The van der Waals surface area contributed by atoms with Crippen LogP contribution in [0, 0.1) is 0 Å². The van der Waals surface area contributed by atoms with E-state index in [1.54, 1.807) is 13.8 Å². The summed E-state index contributed by atoms with van der Waals surface area (Å²) in [5.41, 5.74) is -0.653. The molecule has 8 nitrogen and oxygen atoms in total. The number of aliphatic hydroxyl groups excluding tert-OH is 3. The fourth-order valence-electron chi connectivity index (χ4n) is 2.60. The Bertz CT molecular complexity index is 403. The van der Waals surface area contributed by atoms with Crippen LogP contribution in [0.4, 0.5) is 0 Å². The van der Waals surface area contributed by atoms with Gasteiger partial charge in [-0.1, -0.05) is 0 Å². The molecule has 0 aromatic heterocycles. The van der Waals surface area contributed by atoms with Gasteiger partial charge in [0.25, 0.3) is 0 Å². The standard InChI is InChI=1S/C12H23O8P/c1-6(2)19-12-11(15)10(14)9(13)8(20-12)5-7-3-4-18-21(7,16)17/h6-15H,3-5H2,1-2H3,(H,16,17)/t7?,8-,9-,10+,11+,12+/m1/s1. The second kappa shape index (κ2) is 6.60. The van der Waals surface area contributed by atoms with Crippen molar-refractivity contribution in [1.29, 1.82) is 0 Å². The van der Waals surface area contributed by atoms with Crippen molar-refractivity contribution >= 4 is 7.60 Å². The SMILES string of the molecule is CC(C)O[C@H]1O[C@H](CC2CCOP2(=O)O)[C@@H](O)[C@H](O)[C@@H]1O. The Balaban J connectivity index is 2.05. The van der Waals surface area contributed by atoms with Crippen LogP contribution in [-0.2, 0) is 18.6 Å². The van der Waals surface area contributed by atoms with E-state index in [1.807, 2.05) is 0 Å². The van der Waals surface area contributed by atoms with Gasteiger partial charge >= 0.3 is 7.60 Å². The van der Waals surface area contributed by atoms with Crippen LogP contribution < -0.4 is 0 Å². The van der Waals surface area contributed by atoms with Gasteiger partial charge in [0.05, 0.1) is 24.5 Å². The molecule has 0 saturated carbocycles. The molecule has 9 heteroatoms. The first-order valence-electron chi connectivity index (χ1n) is 7.04. The van der Waals surface area contributed by atoms with E-state index in [9.17, 15) is 24.8 Å². The summed E-state index contributed by atoms with van der Waals surface area (Å²) < 4.78 is 27.4. The van der Waals surface area contributed by atoms with Crippen molar-refractivity contribution in [2.75, 3.05) is 6.61 Å². The molecule has 2 fully saturated rings. The molecular weight excluding hydrogens is 303 g/mol. The second-order valence-corrected chi connectivity index (χ2v) is 7.89. The highest BCUT2D eigenvalue weighted by Crippen LogP contribution is 2.55. The summed E-state index contributed by atoms with van der Waals surface area (Å²) in [6.45, 7) is 3.67. The summed E-state index contributed by atoms with van der Waals surface area (Å²) in [5.74, 6) is 0. The van der Waals surface area contributed by atoms with Gasteiger partial charge in [-0.15, -0.1) is 0 Å². The van der Waals surface area contributed by atoms with Crippen LogP contribution >= 0.6 is 7.60 Å². The summed E-state index contributed by atoms with van der Waals surface area (Å²) in [4.78, 5) is 9.65. The predicted octanol–water partition coefficient (Wildman–Crippen LogP) is -0.417. The Morgan fingerprint density at radius 2 is 1.90 bits per heavy atom. The molecule has 0 bridgehead atoms. The van der Waals surface area contributed by atoms with E-state index in [2.05, 4.69) is 0 Å². The molecule has 2 aliphatic heterocycles. The molecule has 0 aliphatic carbocycles. The van der Waals surface area contributed by atoms with Crippen LogP contribution in [0.2, 0.25) is 0 Å². The molecule has 0 radical (unpaired) electrons. The van der Waals surface area contributed by atoms with Gasteiger partial charge in [0, 0.05) is 0 Å². The zero-order chi connectivity index (χ0) is 15.8. The minimum Gasteiger partial charge on any atom is -0.388 e. The van der Waals surface area contributed by atoms with Crippen molar-refractivity contribution in [3.8, 4) is 0 Å². The maximum atomic E-state index is 11.8.